The largest absolute Gasteiger partial charge is 0.482 e. The summed E-state index contributed by atoms with van der Waals surface area (Å²) >= 11 is 0. The third-order valence-electron chi connectivity index (χ3n) is 4.27. The lowest BCUT2D eigenvalue weighted by Crippen LogP contribution is -2.47. The molecule has 3 heterocycles. The van der Waals surface area contributed by atoms with E-state index in [2.05, 4.69) is 10.3 Å². The molecule has 1 aromatic heterocycles. The van der Waals surface area contributed by atoms with Crippen LogP contribution in [-0.4, -0.2) is 41.8 Å². The number of rotatable bonds is 3. The van der Waals surface area contributed by atoms with E-state index in [0.29, 0.717) is 22.7 Å². The van der Waals surface area contributed by atoms with Crippen molar-refractivity contribution in [2.45, 2.75) is 13.0 Å². The Hall–Kier alpha value is -3.62. The summed E-state index contributed by atoms with van der Waals surface area (Å²) < 4.78 is 10.8. The number of pyridine rings is 1. The van der Waals surface area contributed by atoms with E-state index in [1.807, 2.05) is 0 Å². The summed E-state index contributed by atoms with van der Waals surface area (Å²) in [5.74, 6) is 0.292. The van der Waals surface area contributed by atoms with Crippen molar-refractivity contribution in [3.05, 3.63) is 35.9 Å². The zero-order valence-electron chi connectivity index (χ0n) is 14.4. The number of nitrogens with one attached hydrogen (secondary N) is 1. The van der Waals surface area contributed by atoms with Crippen LogP contribution in [0.2, 0.25) is 0 Å². The number of nitrogen functional groups attached to an aromatic ring is 1. The topological polar surface area (TPSA) is 124 Å². The van der Waals surface area contributed by atoms with Crippen LogP contribution < -0.4 is 25.4 Å². The van der Waals surface area contributed by atoms with Gasteiger partial charge in [0.05, 0.1) is 12.2 Å². The number of carbonyl (C=O) groups is 3. The van der Waals surface area contributed by atoms with Gasteiger partial charge in [0, 0.05) is 5.56 Å². The molecule has 2 amide bonds. The number of nitrogens with zero attached hydrogens (tertiary/aromatic N) is 2. The Morgan fingerprint density at radius 3 is 2.89 bits per heavy atom. The lowest BCUT2D eigenvalue weighted by atomic mass is 10.1. The highest BCUT2D eigenvalue weighted by atomic mass is 16.5. The van der Waals surface area contributed by atoms with Gasteiger partial charge >= 0.3 is 0 Å². The van der Waals surface area contributed by atoms with Crippen LogP contribution in [0, 0.1) is 0 Å². The van der Waals surface area contributed by atoms with Gasteiger partial charge in [0.15, 0.2) is 30.1 Å². The Kier molecular flexibility index (Phi) is 3.91. The van der Waals surface area contributed by atoms with Crippen LogP contribution in [0.5, 0.6) is 11.5 Å². The van der Waals surface area contributed by atoms with Gasteiger partial charge < -0.3 is 20.5 Å². The molecule has 2 aliphatic heterocycles. The molecule has 0 spiro atoms. The third-order valence-corrected chi connectivity index (χ3v) is 4.27. The molecular weight excluding hydrogens is 352 g/mol. The minimum atomic E-state index is -0.744. The zero-order chi connectivity index (χ0) is 19.1. The van der Waals surface area contributed by atoms with E-state index < -0.39 is 6.10 Å². The predicted octanol–water partition coefficient (Wildman–Crippen LogP) is 0.991. The van der Waals surface area contributed by atoms with Crippen molar-refractivity contribution < 1.29 is 23.9 Å². The number of ketones is 1. The molecule has 9 heteroatoms. The molecule has 0 aliphatic carbocycles. The monoisotopic (exact) mass is 368 g/mol. The molecule has 0 radical (unpaired) electrons. The van der Waals surface area contributed by atoms with Gasteiger partial charge in [-0.25, -0.2) is 4.98 Å². The quantitative estimate of drug-likeness (QED) is 0.774. The Morgan fingerprint density at radius 1 is 1.30 bits per heavy atom. The Bertz CT molecular complexity index is 974. The smallest absolute Gasteiger partial charge is 0.269 e. The molecule has 138 valence electrons. The van der Waals surface area contributed by atoms with Crippen molar-refractivity contribution >= 4 is 34.9 Å². The maximum Gasteiger partial charge on any atom is 0.269 e. The number of hydrogen-bond acceptors (Lipinski definition) is 7. The van der Waals surface area contributed by atoms with Gasteiger partial charge in [0.1, 0.15) is 11.6 Å². The van der Waals surface area contributed by atoms with Gasteiger partial charge in [-0.1, -0.05) is 0 Å². The number of benzene rings is 1. The van der Waals surface area contributed by atoms with Crippen molar-refractivity contribution in [3.63, 3.8) is 0 Å². The van der Waals surface area contributed by atoms with Crippen molar-refractivity contribution in [3.8, 4) is 11.5 Å². The molecule has 27 heavy (non-hydrogen) atoms. The minimum absolute atomic E-state index is 0.0651. The zero-order valence-corrected chi connectivity index (χ0v) is 14.4. The van der Waals surface area contributed by atoms with E-state index in [0.717, 1.165) is 0 Å². The van der Waals surface area contributed by atoms with Gasteiger partial charge in [-0.05, 0) is 37.3 Å². The second-order valence-electron chi connectivity index (χ2n) is 6.21. The molecule has 0 saturated carbocycles. The van der Waals surface area contributed by atoms with Crippen LogP contribution in [0.1, 0.15) is 17.3 Å². The average Bonchev–Trinajstić information content (AvgIpc) is 2.65. The first-order valence-electron chi connectivity index (χ1n) is 8.27. The fraction of sp³-hybridized carbons (Fsp3) is 0.222. The number of ether oxygens (including phenoxy) is 2. The van der Waals surface area contributed by atoms with Gasteiger partial charge in [-0.3, -0.25) is 19.3 Å². The number of Topliss-reactive ketones (excluding diaryl/α,β-unsaturated/α-hetero) is 1. The standard InChI is InChI=1S/C18H16N4O5/c1-9-18(25)22(17-14(27-9)4-5-15(19)21-17)7-12(23)10-2-3-13-11(6-10)20-16(24)8-26-13/h2-6,9H,7-8H2,1H3,(H2,19,21)(H,20,24). The van der Waals surface area contributed by atoms with Crippen molar-refractivity contribution in [1.82, 2.24) is 4.98 Å². The van der Waals surface area contributed by atoms with Crippen LogP contribution in [0.15, 0.2) is 30.3 Å². The highest BCUT2D eigenvalue weighted by Crippen LogP contribution is 2.33. The number of fused-ring (bicyclic) bond motifs is 2. The number of hydrogen-bond donors (Lipinski definition) is 2. The second kappa shape index (κ2) is 6.27. The third kappa shape index (κ3) is 3.03. The Labute approximate surface area is 154 Å². The van der Waals surface area contributed by atoms with Crippen LogP contribution >= 0.6 is 0 Å². The van der Waals surface area contributed by atoms with E-state index in [-0.39, 0.29) is 42.4 Å². The number of nitrogens with two attached hydrogens (primary N) is 1. The molecule has 9 nitrogen and oxygen atoms in total. The fourth-order valence-corrected chi connectivity index (χ4v) is 2.94. The molecule has 1 aromatic carbocycles. The summed E-state index contributed by atoms with van der Waals surface area (Å²) in [6, 6.07) is 7.89. The SMILES string of the molecule is CC1Oc2ccc(N)nc2N(CC(=O)c2ccc3c(c2)NC(=O)CO3)C1=O. The Balaban J connectivity index is 1.63. The van der Waals surface area contributed by atoms with E-state index in [1.165, 1.54) is 11.0 Å². The lowest BCUT2D eigenvalue weighted by molar-refractivity contribution is -0.125. The van der Waals surface area contributed by atoms with Gasteiger partial charge in [-0.2, -0.15) is 0 Å². The maximum atomic E-state index is 12.8. The van der Waals surface area contributed by atoms with E-state index in [4.69, 9.17) is 15.2 Å². The normalized spacial score (nSPS) is 18.0. The van der Waals surface area contributed by atoms with Crippen molar-refractivity contribution in [1.29, 1.82) is 0 Å². The summed E-state index contributed by atoms with van der Waals surface area (Å²) in [5, 5.41) is 2.65. The molecule has 1 atom stereocenters. The van der Waals surface area contributed by atoms with Crippen molar-refractivity contribution in [2.75, 3.05) is 29.1 Å². The Morgan fingerprint density at radius 2 is 2.07 bits per heavy atom. The molecule has 4 rings (SSSR count). The van der Waals surface area contributed by atoms with Crippen molar-refractivity contribution in [2.24, 2.45) is 0 Å². The van der Waals surface area contributed by atoms with Crippen LogP contribution in [0.3, 0.4) is 0 Å². The first-order chi connectivity index (χ1) is 12.9. The fourth-order valence-electron chi connectivity index (χ4n) is 2.94. The predicted molar refractivity (Wildman–Crippen MR) is 96.0 cm³/mol. The van der Waals surface area contributed by atoms with Crippen LogP contribution in [-0.2, 0) is 9.59 Å². The highest BCUT2D eigenvalue weighted by molar-refractivity contribution is 6.08. The van der Waals surface area contributed by atoms with Crippen LogP contribution in [0.4, 0.5) is 17.3 Å². The average molecular weight is 368 g/mol. The number of amides is 2. The molecule has 3 N–H and O–H groups in total. The first-order valence-corrected chi connectivity index (χ1v) is 8.27. The van der Waals surface area contributed by atoms with Crippen LogP contribution in [0.25, 0.3) is 0 Å². The summed E-state index contributed by atoms with van der Waals surface area (Å²) in [6.45, 7) is 1.30. The summed E-state index contributed by atoms with van der Waals surface area (Å²) in [6.07, 6.45) is -0.744. The molecule has 0 saturated heterocycles. The van der Waals surface area contributed by atoms with Gasteiger partial charge in [0.2, 0.25) is 0 Å². The molecule has 2 aliphatic rings. The summed E-state index contributed by atoms with van der Waals surface area (Å²) in [5.41, 5.74) is 6.46. The van der Waals surface area contributed by atoms with Gasteiger partial charge in [-0.15, -0.1) is 0 Å². The lowest BCUT2D eigenvalue weighted by Gasteiger charge is -2.31. The molecule has 0 fully saturated rings. The number of anilines is 3. The van der Waals surface area contributed by atoms with Gasteiger partial charge in [0.25, 0.3) is 11.8 Å². The minimum Gasteiger partial charge on any atom is -0.482 e. The second-order valence-corrected chi connectivity index (χ2v) is 6.21. The molecule has 1 unspecified atom stereocenters. The molecule has 2 aromatic rings. The number of carbonyl (C=O) groups excluding carboxylic acids is 3. The van der Waals surface area contributed by atoms with E-state index in [9.17, 15) is 14.4 Å². The molecular formula is C18H16N4O5. The number of aromatic nitrogens is 1. The first kappa shape index (κ1) is 16.8. The maximum absolute atomic E-state index is 12.8. The molecule has 0 bridgehead atoms. The highest BCUT2D eigenvalue weighted by Gasteiger charge is 2.34. The summed E-state index contributed by atoms with van der Waals surface area (Å²) in [4.78, 5) is 42.2. The summed E-state index contributed by atoms with van der Waals surface area (Å²) in [7, 11) is 0. The van der Waals surface area contributed by atoms with E-state index >= 15 is 0 Å². The van der Waals surface area contributed by atoms with E-state index in [1.54, 1.807) is 31.2 Å².